The third-order valence-electron chi connectivity index (χ3n) is 6.92. The summed E-state index contributed by atoms with van der Waals surface area (Å²) in [7, 11) is 0. The molecule has 4 atom stereocenters. The molecule has 11 nitrogen and oxygen atoms in total. The van der Waals surface area contributed by atoms with Crippen LogP contribution in [0.2, 0.25) is 0 Å². The van der Waals surface area contributed by atoms with E-state index in [1.165, 1.54) is 0 Å². The highest BCUT2D eigenvalue weighted by Crippen LogP contribution is 2.35. The lowest BCUT2D eigenvalue weighted by molar-refractivity contribution is -0.0499. The lowest BCUT2D eigenvalue weighted by Gasteiger charge is -2.23. The van der Waals surface area contributed by atoms with Crippen molar-refractivity contribution in [3.8, 4) is 5.75 Å². The molecule has 1 fully saturated rings. The molecule has 0 aliphatic carbocycles. The molecule has 1 aliphatic rings. The summed E-state index contributed by atoms with van der Waals surface area (Å²) in [5.74, 6) is 1.83. The average molecular weight is 541 g/mol. The molecular weight excluding hydrogens is 504 g/mol. The van der Waals surface area contributed by atoms with Crippen molar-refractivity contribution in [2.75, 3.05) is 31.7 Å². The van der Waals surface area contributed by atoms with Crippen molar-refractivity contribution >= 4 is 28.0 Å². The zero-order valence-electron chi connectivity index (χ0n) is 22.1. The van der Waals surface area contributed by atoms with Crippen LogP contribution in [0.3, 0.4) is 0 Å². The van der Waals surface area contributed by atoms with Crippen LogP contribution in [-0.2, 0) is 11.3 Å². The minimum atomic E-state index is -1.23. The van der Waals surface area contributed by atoms with Crippen molar-refractivity contribution in [3.05, 3.63) is 54.3 Å². The molecule has 0 spiro atoms. The van der Waals surface area contributed by atoms with E-state index in [0.29, 0.717) is 41.7 Å². The molecule has 11 heteroatoms. The van der Waals surface area contributed by atoms with Gasteiger partial charge in [-0.25, -0.2) is 4.98 Å². The van der Waals surface area contributed by atoms with Crippen molar-refractivity contribution in [3.63, 3.8) is 0 Å². The fourth-order valence-corrected chi connectivity index (χ4v) is 4.67. The second-order valence-electron chi connectivity index (χ2n) is 10.5. The summed E-state index contributed by atoms with van der Waals surface area (Å²) in [6.07, 6.45) is -3.47. The smallest absolute Gasteiger partial charge is 0.206 e. The van der Waals surface area contributed by atoms with Gasteiger partial charge in [-0.1, -0.05) is 12.1 Å². The summed E-state index contributed by atoms with van der Waals surface area (Å²) in [5.41, 5.74) is 1.80. The summed E-state index contributed by atoms with van der Waals surface area (Å²) in [6, 6.07) is 15.1. The van der Waals surface area contributed by atoms with Gasteiger partial charge in [-0.2, -0.15) is 0 Å². The molecule has 39 heavy (non-hydrogen) atoms. The Labute approximate surface area is 226 Å². The normalized spacial score (nSPS) is 21.7. The molecule has 4 aromatic rings. The summed E-state index contributed by atoms with van der Waals surface area (Å²) in [5, 5.41) is 47.3. The monoisotopic (exact) mass is 540 g/mol. The molecule has 210 valence electrons. The van der Waals surface area contributed by atoms with E-state index in [2.05, 4.69) is 15.6 Å². The van der Waals surface area contributed by atoms with Gasteiger partial charge in [0.2, 0.25) is 5.95 Å². The van der Waals surface area contributed by atoms with Crippen LogP contribution >= 0.6 is 0 Å². The Morgan fingerprint density at radius 2 is 1.90 bits per heavy atom. The first-order valence-electron chi connectivity index (χ1n) is 13.1. The minimum Gasteiger partial charge on any atom is -0.493 e. The van der Waals surface area contributed by atoms with Crippen LogP contribution in [0.15, 0.2) is 52.9 Å². The fraction of sp³-hybridized carbons (Fsp3) is 0.464. The van der Waals surface area contributed by atoms with E-state index in [1.807, 2.05) is 62.4 Å². The molecule has 1 aliphatic heterocycles. The minimum absolute atomic E-state index is 0.0716. The highest BCUT2D eigenvalue weighted by atomic mass is 16.6. The molecule has 0 saturated carbocycles. The maximum atomic E-state index is 10.7. The Hall–Kier alpha value is -3.19. The number of furan rings is 1. The fourth-order valence-electron chi connectivity index (χ4n) is 4.67. The van der Waals surface area contributed by atoms with Crippen molar-refractivity contribution < 1.29 is 34.3 Å². The third-order valence-corrected chi connectivity index (χ3v) is 6.92. The number of ether oxygens (including phenoxy) is 2. The molecule has 0 radical (unpaired) electrons. The maximum absolute atomic E-state index is 10.7. The molecule has 0 amide bonds. The Morgan fingerprint density at radius 3 is 2.67 bits per heavy atom. The molecule has 0 bridgehead atoms. The number of rotatable bonds is 12. The number of hydrogen-bond donors (Lipinski definition) is 6. The van der Waals surface area contributed by atoms with Gasteiger partial charge in [-0.15, -0.1) is 0 Å². The number of imidazole rings is 1. The first-order valence-corrected chi connectivity index (χ1v) is 13.1. The zero-order valence-corrected chi connectivity index (χ0v) is 22.1. The van der Waals surface area contributed by atoms with Crippen molar-refractivity contribution in [1.82, 2.24) is 14.9 Å². The highest BCUT2D eigenvalue weighted by Gasteiger charge is 2.44. The van der Waals surface area contributed by atoms with Crippen LogP contribution in [0.5, 0.6) is 5.75 Å². The summed E-state index contributed by atoms with van der Waals surface area (Å²) >= 11 is 0. The number of nitrogens with one attached hydrogen (secondary N) is 2. The van der Waals surface area contributed by atoms with E-state index in [9.17, 15) is 20.4 Å². The predicted molar refractivity (Wildman–Crippen MR) is 146 cm³/mol. The van der Waals surface area contributed by atoms with Crippen LogP contribution in [0.25, 0.3) is 22.0 Å². The number of aromatic nitrogens is 2. The summed E-state index contributed by atoms with van der Waals surface area (Å²) < 4.78 is 19.4. The van der Waals surface area contributed by atoms with Crippen LogP contribution in [0, 0.1) is 0 Å². The second kappa shape index (κ2) is 11.5. The molecular formula is C28H36N4O7. The third kappa shape index (κ3) is 5.88. The van der Waals surface area contributed by atoms with E-state index in [4.69, 9.17) is 13.9 Å². The van der Waals surface area contributed by atoms with Gasteiger partial charge < -0.3 is 45.0 Å². The van der Waals surface area contributed by atoms with Gasteiger partial charge in [0.25, 0.3) is 0 Å². The van der Waals surface area contributed by atoms with Gasteiger partial charge in [-0.05, 0) is 57.1 Å². The second-order valence-corrected chi connectivity index (χ2v) is 10.5. The molecule has 6 N–H and O–H groups in total. The molecule has 3 heterocycles. The van der Waals surface area contributed by atoms with Crippen LogP contribution in [-0.4, -0.2) is 80.2 Å². The Morgan fingerprint density at radius 1 is 1.08 bits per heavy atom. The summed E-state index contributed by atoms with van der Waals surface area (Å²) in [6.45, 7) is 5.14. The molecule has 2 aromatic carbocycles. The highest BCUT2D eigenvalue weighted by molar-refractivity contribution is 5.80. The average Bonchev–Trinajstić information content (AvgIpc) is 3.60. The molecule has 2 aromatic heterocycles. The molecule has 0 unspecified atom stereocenters. The van der Waals surface area contributed by atoms with E-state index in [0.717, 1.165) is 23.9 Å². The quantitative estimate of drug-likeness (QED) is 0.147. The van der Waals surface area contributed by atoms with Crippen LogP contribution < -0.4 is 15.4 Å². The number of aliphatic hydroxyl groups excluding tert-OH is 4. The molecule has 5 rings (SSSR count). The van der Waals surface area contributed by atoms with E-state index < -0.39 is 31.1 Å². The Balaban J connectivity index is 1.26. The van der Waals surface area contributed by atoms with Crippen LogP contribution in [0.1, 0.15) is 32.3 Å². The Bertz CT molecular complexity index is 1400. The molecule has 1 saturated heterocycles. The zero-order chi connectivity index (χ0) is 27.6. The first kappa shape index (κ1) is 27.4. The van der Waals surface area contributed by atoms with Crippen LogP contribution in [0.4, 0.5) is 5.95 Å². The topological polar surface area (TPSA) is 154 Å². The van der Waals surface area contributed by atoms with Gasteiger partial charge in [0.05, 0.1) is 37.4 Å². The van der Waals surface area contributed by atoms with Gasteiger partial charge >= 0.3 is 0 Å². The number of aliphatic hydroxyl groups is 4. The van der Waals surface area contributed by atoms with E-state index in [1.54, 1.807) is 4.57 Å². The number of hydrogen-bond acceptors (Lipinski definition) is 10. The van der Waals surface area contributed by atoms with E-state index in [-0.39, 0.29) is 12.1 Å². The maximum Gasteiger partial charge on any atom is 0.206 e. The van der Waals surface area contributed by atoms with Gasteiger partial charge in [0, 0.05) is 17.0 Å². The van der Waals surface area contributed by atoms with Crippen molar-refractivity contribution in [1.29, 1.82) is 0 Å². The Kier molecular flexibility index (Phi) is 8.08. The van der Waals surface area contributed by atoms with Gasteiger partial charge in [0.15, 0.2) is 6.23 Å². The lowest BCUT2D eigenvalue weighted by Crippen LogP contribution is -2.43. The van der Waals surface area contributed by atoms with Gasteiger partial charge in [-0.3, -0.25) is 4.57 Å². The number of para-hydroxylation sites is 2. The van der Waals surface area contributed by atoms with Crippen molar-refractivity contribution in [2.45, 2.75) is 56.9 Å². The number of benzene rings is 2. The van der Waals surface area contributed by atoms with Gasteiger partial charge in [0.1, 0.15) is 35.4 Å². The standard InChI is InChI=1S/C28H36N4O7/c1-28(2,16-34)30-10-5-11-37-18-9-8-17-12-19(38-22(17)13-18)14-29-27-31-20-6-3-4-7-21(20)32(27)26-25(36)24(35)23(15-33)39-26/h3-4,6-9,12-13,23-26,30,33-36H,5,10-11,14-16H2,1-2H3,(H,29,31)/t23-,24-,25-,26-/m1/s1. The van der Waals surface area contributed by atoms with Crippen molar-refractivity contribution in [2.24, 2.45) is 0 Å². The summed E-state index contributed by atoms with van der Waals surface area (Å²) in [4.78, 5) is 4.66. The predicted octanol–water partition coefficient (Wildman–Crippen LogP) is 2.14. The van der Waals surface area contributed by atoms with E-state index >= 15 is 0 Å². The number of anilines is 1. The SMILES string of the molecule is CC(C)(CO)NCCCOc1ccc2cc(CNc3nc4ccccc4n3[C@@H]3O[C@H](CO)[C@@H](O)[C@H]3O)oc2c1. The number of nitrogens with zero attached hydrogens (tertiary/aromatic N) is 2. The lowest BCUT2D eigenvalue weighted by atomic mass is 10.1. The largest absolute Gasteiger partial charge is 0.493 e. The number of fused-ring (bicyclic) bond motifs is 2. The first-order chi connectivity index (χ1) is 18.8.